The van der Waals surface area contributed by atoms with Crippen LogP contribution >= 0.6 is 0 Å². The molecule has 4 nitrogen and oxygen atoms in total. The monoisotopic (exact) mass is 271 g/mol. The molecule has 20 heavy (non-hydrogen) atoms. The van der Waals surface area contributed by atoms with Crippen LogP contribution in [-0.2, 0) is 0 Å². The molecule has 0 fully saturated rings. The summed E-state index contributed by atoms with van der Waals surface area (Å²) in [4.78, 5) is 12.4. The largest absolute Gasteiger partial charge is 0.507 e. The molecular weight excluding hydrogens is 254 g/mol. The number of hydrogen-bond donors (Lipinski definition) is 2. The minimum absolute atomic E-state index is 0.104. The third-order valence-electron chi connectivity index (χ3n) is 3.17. The van der Waals surface area contributed by atoms with E-state index in [-0.39, 0.29) is 11.3 Å². The van der Waals surface area contributed by atoms with Crippen molar-refractivity contribution in [1.82, 2.24) is 0 Å². The van der Waals surface area contributed by atoms with Crippen LogP contribution in [-0.4, -0.2) is 18.1 Å². The molecule has 0 unspecified atom stereocenters. The number of methoxy groups -OCH3 is 1. The molecule has 0 spiro atoms. The lowest BCUT2D eigenvalue weighted by atomic mass is 10.1. The third kappa shape index (κ3) is 2.59. The lowest BCUT2D eigenvalue weighted by molar-refractivity contribution is 0.102. The molecule has 0 radical (unpaired) electrons. The summed E-state index contributed by atoms with van der Waals surface area (Å²) in [6.45, 7) is 3.84. The summed E-state index contributed by atoms with van der Waals surface area (Å²) >= 11 is 0. The van der Waals surface area contributed by atoms with Crippen LogP contribution < -0.4 is 10.1 Å². The highest BCUT2D eigenvalue weighted by Gasteiger charge is 2.18. The second-order valence-electron chi connectivity index (χ2n) is 4.58. The van der Waals surface area contributed by atoms with E-state index in [9.17, 15) is 9.90 Å². The van der Waals surface area contributed by atoms with Gasteiger partial charge in [0.15, 0.2) is 0 Å². The van der Waals surface area contributed by atoms with Crippen molar-refractivity contribution < 1.29 is 14.6 Å². The van der Waals surface area contributed by atoms with Crippen molar-refractivity contribution in [3.8, 4) is 11.5 Å². The van der Waals surface area contributed by atoms with E-state index in [1.165, 1.54) is 13.2 Å². The fourth-order valence-electron chi connectivity index (χ4n) is 2.11. The molecule has 4 heteroatoms. The Labute approximate surface area is 118 Å². The molecule has 2 aromatic carbocycles. The first-order chi connectivity index (χ1) is 9.54. The molecule has 0 heterocycles. The van der Waals surface area contributed by atoms with Crippen LogP contribution in [0.3, 0.4) is 0 Å². The molecule has 2 rings (SSSR count). The molecule has 0 aromatic heterocycles. The number of para-hydroxylation sites is 1. The van der Waals surface area contributed by atoms with Crippen molar-refractivity contribution in [2.24, 2.45) is 0 Å². The number of rotatable bonds is 3. The van der Waals surface area contributed by atoms with Crippen molar-refractivity contribution in [3.63, 3.8) is 0 Å². The van der Waals surface area contributed by atoms with E-state index in [1.807, 2.05) is 32.0 Å². The average molecular weight is 271 g/mol. The van der Waals surface area contributed by atoms with Crippen LogP contribution in [0.25, 0.3) is 0 Å². The van der Waals surface area contributed by atoms with Gasteiger partial charge < -0.3 is 15.2 Å². The number of aromatic hydroxyl groups is 1. The minimum atomic E-state index is -0.391. The van der Waals surface area contributed by atoms with Crippen LogP contribution in [0.5, 0.6) is 11.5 Å². The summed E-state index contributed by atoms with van der Waals surface area (Å²) in [5.74, 6) is -0.154. The number of phenols is 1. The van der Waals surface area contributed by atoms with E-state index in [2.05, 4.69) is 5.32 Å². The van der Waals surface area contributed by atoms with E-state index >= 15 is 0 Å². The Morgan fingerprint density at radius 3 is 2.30 bits per heavy atom. The molecule has 0 saturated carbocycles. The number of hydrogen-bond acceptors (Lipinski definition) is 3. The van der Waals surface area contributed by atoms with Crippen LogP contribution in [0.4, 0.5) is 5.69 Å². The van der Waals surface area contributed by atoms with Gasteiger partial charge in [0.05, 0.1) is 7.11 Å². The molecule has 0 aliphatic heterocycles. The highest BCUT2D eigenvalue weighted by Crippen LogP contribution is 2.29. The highest BCUT2D eigenvalue weighted by atomic mass is 16.5. The van der Waals surface area contributed by atoms with Gasteiger partial charge in [-0.25, -0.2) is 0 Å². The quantitative estimate of drug-likeness (QED) is 0.900. The molecule has 2 aromatic rings. The Balaban J connectivity index is 2.39. The Hall–Kier alpha value is -2.49. The molecular formula is C16H17NO3. The molecule has 104 valence electrons. The maximum absolute atomic E-state index is 12.4. The van der Waals surface area contributed by atoms with Crippen LogP contribution in [0.2, 0.25) is 0 Å². The highest BCUT2D eigenvalue weighted by molar-refractivity contribution is 6.08. The lowest BCUT2D eigenvalue weighted by Gasteiger charge is -2.14. The molecule has 1 amide bonds. The molecule has 2 N–H and O–H groups in total. The number of nitrogens with one attached hydrogen (secondary N) is 1. The number of carbonyl (C=O) groups is 1. The number of ether oxygens (including phenoxy) is 1. The predicted molar refractivity (Wildman–Crippen MR) is 78.5 cm³/mol. The van der Waals surface area contributed by atoms with Gasteiger partial charge >= 0.3 is 0 Å². The summed E-state index contributed by atoms with van der Waals surface area (Å²) in [6.07, 6.45) is 0. The first-order valence-corrected chi connectivity index (χ1v) is 6.28. The lowest BCUT2D eigenvalue weighted by Crippen LogP contribution is -2.15. The van der Waals surface area contributed by atoms with Crippen molar-refractivity contribution in [2.45, 2.75) is 13.8 Å². The van der Waals surface area contributed by atoms with Gasteiger partial charge in [0.2, 0.25) is 0 Å². The average Bonchev–Trinajstić information content (AvgIpc) is 2.42. The summed E-state index contributed by atoms with van der Waals surface area (Å²) in [7, 11) is 1.46. The van der Waals surface area contributed by atoms with Gasteiger partial charge in [-0.05, 0) is 37.1 Å². The molecule has 0 atom stereocenters. The van der Waals surface area contributed by atoms with Gasteiger partial charge in [-0.3, -0.25) is 4.79 Å². The van der Waals surface area contributed by atoms with Gasteiger partial charge in [-0.2, -0.15) is 0 Å². The second kappa shape index (κ2) is 5.65. The van der Waals surface area contributed by atoms with Gasteiger partial charge in [-0.15, -0.1) is 0 Å². The zero-order valence-corrected chi connectivity index (χ0v) is 11.7. The Kier molecular flexibility index (Phi) is 3.94. The first kappa shape index (κ1) is 13.9. The van der Waals surface area contributed by atoms with Crippen LogP contribution in [0.1, 0.15) is 21.5 Å². The fourth-order valence-corrected chi connectivity index (χ4v) is 2.11. The van der Waals surface area contributed by atoms with Crippen LogP contribution in [0.15, 0.2) is 36.4 Å². The van der Waals surface area contributed by atoms with Gasteiger partial charge in [-0.1, -0.05) is 24.3 Å². The zero-order chi connectivity index (χ0) is 14.7. The topological polar surface area (TPSA) is 58.6 Å². The van der Waals surface area contributed by atoms with Crippen molar-refractivity contribution in [2.75, 3.05) is 12.4 Å². The number of amides is 1. The Morgan fingerprint density at radius 2 is 1.70 bits per heavy atom. The summed E-state index contributed by atoms with van der Waals surface area (Å²) in [6, 6.07) is 10.5. The fraction of sp³-hybridized carbons (Fsp3) is 0.188. The van der Waals surface area contributed by atoms with E-state index in [0.717, 1.165) is 16.8 Å². The smallest absolute Gasteiger partial charge is 0.263 e. The van der Waals surface area contributed by atoms with Crippen LogP contribution in [0, 0.1) is 13.8 Å². The molecule has 0 aliphatic rings. The zero-order valence-electron chi connectivity index (χ0n) is 11.7. The van der Waals surface area contributed by atoms with Crippen molar-refractivity contribution in [3.05, 3.63) is 53.1 Å². The number of phenolic OH excluding ortho intramolecular Hbond substituents is 1. The predicted octanol–water partition coefficient (Wildman–Crippen LogP) is 3.27. The number of aryl methyl sites for hydroxylation is 2. The second-order valence-corrected chi connectivity index (χ2v) is 4.58. The van der Waals surface area contributed by atoms with Gasteiger partial charge in [0, 0.05) is 5.69 Å². The standard InChI is InChI=1S/C16H17NO3/c1-10-6-4-7-11(2)15(10)17-16(19)14-12(18)8-5-9-13(14)20-3/h4-9,18H,1-3H3,(H,17,19). The van der Waals surface area contributed by atoms with E-state index in [1.54, 1.807) is 12.1 Å². The van der Waals surface area contributed by atoms with E-state index < -0.39 is 5.91 Å². The Bertz CT molecular complexity index is 630. The van der Waals surface area contributed by atoms with Crippen molar-refractivity contribution >= 4 is 11.6 Å². The molecule has 0 bridgehead atoms. The van der Waals surface area contributed by atoms with Gasteiger partial charge in [0.25, 0.3) is 5.91 Å². The minimum Gasteiger partial charge on any atom is -0.507 e. The molecule has 0 saturated heterocycles. The maximum Gasteiger partial charge on any atom is 0.263 e. The summed E-state index contributed by atoms with van der Waals surface area (Å²) < 4.78 is 5.12. The maximum atomic E-state index is 12.4. The first-order valence-electron chi connectivity index (χ1n) is 6.28. The summed E-state index contributed by atoms with van der Waals surface area (Å²) in [5, 5.41) is 12.7. The normalized spacial score (nSPS) is 10.2. The SMILES string of the molecule is COc1cccc(O)c1C(=O)Nc1c(C)cccc1C. The summed E-state index contributed by atoms with van der Waals surface area (Å²) in [5.41, 5.74) is 2.82. The number of anilines is 1. The van der Waals surface area contributed by atoms with Gasteiger partial charge in [0.1, 0.15) is 17.1 Å². The van der Waals surface area contributed by atoms with Crippen molar-refractivity contribution in [1.29, 1.82) is 0 Å². The Morgan fingerprint density at radius 1 is 1.10 bits per heavy atom. The van der Waals surface area contributed by atoms with E-state index in [0.29, 0.717) is 5.75 Å². The third-order valence-corrected chi connectivity index (χ3v) is 3.17. The van der Waals surface area contributed by atoms with E-state index in [4.69, 9.17) is 4.74 Å². The number of carbonyl (C=O) groups excluding carboxylic acids is 1. The number of benzene rings is 2. The molecule has 0 aliphatic carbocycles.